The number of ether oxygens (including phenoxy) is 1. The van der Waals surface area contributed by atoms with E-state index in [0.717, 1.165) is 0 Å². The number of nitriles is 1. The van der Waals surface area contributed by atoms with Gasteiger partial charge in [-0.1, -0.05) is 12.1 Å². The number of rotatable bonds is 6. The number of carbonyl (C=O) groups is 3. The quantitative estimate of drug-likeness (QED) is 0.730. The number of amides is 3. The largest absolute Gasteiger partial charge is 0.444 e. The van der Waals surface area contributed by atoms with Gasteiger partial charge in [-0.25, -0.2) is 4.79 Å². The Balaban J connectivity index is 2.51. The van der Waals surface area contributed by atoms with Gasteiger partial charge >= 0.3 is 6.09 Å². The highest BCUT2D eigenvalue weighted by molar-refractivity contribution is 6.00. The second-order valence-corrected chi connectivity index (χ2v) is 6.16. The third kappa shape index (κ3) is 8.37. The molecule has 1 aromatic rings. The number of carbonyl (C=O) groups excluding carboxylic acids is 3. The van der Waals surface area contributed by atoms with Crippen LogP contribution < -0.4 is 16.0 Å². The molecular weight excluding hydrogens is 324 g/mol. The first-order valence-electron chi connectivity index (χ1n) is 7.74. The van der Waals surface area contributed by atoms with Crippen LogP contribution in [-0.2, 0) is 14.3 Å². The van der Waals surface area contributed by atoms with Crippen LogP contribution in [0.5, 0.6) is 0 Å². The SMILES string of the molecule is CC(C)(C)OC(=O)NCCC(=O)Nc1ccccc1NC(=O)CC#N. The Kier molecular flexibility index (Phi) is 7.41. The molecule has 0 heterocycles. The summed E-state index contributed by atoms with van der Waals surface area (Å²) in [5, 5.41) is 16.2. The summed E-state index contributed by atoms with van der Waals surface area (Å²) in [7, 11) is 0. The van der Waals surface area contributed by atoms with E-state index in [9.17, 15) is 14.4 Å². The van der Waals surface area contributed by atoms with Gasteiger partial charge in [0, 0.05) is 13.0 Å². The molecule has 0 aliphatic heterocycles. The second-order valence-electron chi connectivity index (χ2n) is 6.16. The summed E-state index contributed by atoms with van der Waals surface area (Å²) in [6.07, 6.45) is -0.827. The fourth-order valence-electron chi connectivity index (χ4n) is 1.77. The van der Waals surface area contributed by atoms with Crippen LogP contribution in [0.25, 0.3) is 0 Å². The van der Waals surface area contributed by atoms with Crippen LogP contribution >= 0.6 is 0 Å². The van der Waals surface area contributed by atoms with Gasteiger partial charge in [0.05, 0.1) is 17.4 Å². The third-order valence-corrected chi connectivity index (χ3v) is 2.74. The van der Waals surface area contributed by atoms with Crippen LogP contribution in [0.15, 0.2) is 24.3 Å². The van der Waals surface area contributed by atoms with E-state index in [0.29, 0.717) is 11.4 Å². The number of alkyl carbamates (subject to hydrolysis) is 1. The molecule has 0 bridgehead atoms. The molecule has 8 nitrogen and oxygen atoms in total. The first-order valence-corrected chi connectivity index (χ1v) is 7.74. The fraction of sp³-hybridized carbons (Fsp3) is 0.412. The number of benzene rings is 1. The van der Waals surface area contributed by atoms with Crippen molar-refractivity contribution in [1.29, 1.82) is 5.26 Å². The molecule has 1 rings (SSSR count). The molecule has 0 aromatic heterocycles. The molecule has 0 radical (unpaired) electrons. The zero-order valence-corrected chi connectivity index (χ0v) is 14.5. The summed E-state index contributed by atoms with van der Waals surface area (Å²) in [4.78, 5) is 35.0. The van der Waals surface area contributed by atoms with Crippen molar-refractivity contribution in [2.45, 2.75) is 39.2 Å². The Morgan fingerprint density at radius 3 is 2.16 bits per heavy atom. The van der Waals surface area contributed by atoms with Crippen LogP contribution in [0.2, 0.25) is 0 Å². The highest BCUT2D eigenvalue weighted by Crippen LogP contribution is 2.21. The lowest BCUT2D eigenvalue weighted by molar-refractivity contribution is -0.116. The van der Waals surface area contributed by atoms with E-state index in [1.807, 2.05) is 0 Å². The van der Waals surface area contributed by atoms with Gasteiger partial charge < -0.3 is 20.7 Å². The molecule has 0 atom stereocenters. The molecule has 0 saturated heterocycles. The summed E-state index contributed by atoms with van der Waals surface area (Å²) in [5.41, 5.74) is 0.208. The minimum absolute atomic E-state index is 0.0414. The molecule has 3 amide bonds. The van der Waals surface area contributed by atoms with E-state index < -0.39 is 17.6 Å². The Bertz CT molecular complexity index is 674. The molecular formula is C17H22N4O4. The van der Waals surface area contributed by atoms with Gasteiger partial charge in [0.25, 0.3) is 0 Å². The minimum Gasteiger partial charge on any atom is -0.444 e. The molecule has 3 N–H and O–H groups in total. The predicted octanol–water partition coefficient (Wildman–Crippen LogP) is 2.39. The average Bonchev–Trinajstić information content (AvgIpc) is 2.47. The van der Waals surface area contributed by atoms with Gasteiger partial charge in [-0.2, -0.15) is 5.26 Å². The van der Waals surface area contributed by atoms with Gasteiger partial charge in [0.2, 0.25) is 11.8 Å². The standard InChI is InChI=1S/C17H22N4O4/c1-17(2,3)25-16(24)19-11-9-15(23)21-13-7-5-4-6-12(13)20-14(22)8-10-18/h4-7H,8-9,11H2,1-3H3,(H,19,24)(H,20,22)(H,21,23). The van der Waals surface area contributed by atoms with E-state index in [4.69, 9.17) is 10.00 Å². The van der Waals surface area contributed by atoms with Crippen molar-refractivity contribution in [3.63, 3.8) is 0 Å². The van der Waals surface area contributed by atoms with Crippen molar-refractivity contribution in [2.75, 3.05) is 17.2 Å². The van der Waals surface area contributed by atoms with Crippen LogP contribution in [0.4, 0.5) is 16.2 Å². The molecule has 0 fully saturated rings. The van der Waals surface area contributed by atoms with Crippen molar-refractivity contribution >= 4 is 29.3 Å². The number of hydrogen-bond donors (Lipinski definition) is 3. The monoisotopic (exact) mass is 346 g/mol. The maximum atomic E-state index is 12.0. The van der Waals surface area contributed by atoms with Gasteiger partial charge in [0.15, 0.2) is 0 Å². The first kappa shape index (κ1) is 20.0. The molecule has 0 spiro atoms. The lowest BCUT2D eigenvalue weighted by Gasteiger charge is -2.19. The number of nitrogens with zero attached hydrogens (tertiary/aromatic N) is 1. The molecule has 25 heavy (non-hydrogen) atoms. The summed E-state index contributed by atoms with van der Waals surface area (Å²) in [6.45, 7) is 5.36. The molecule has 0 aliphatic carbocycles. The average molecular weight is 346 g/mol. The van der Waals surface area contributed by atoms with Crippen LogP contribution in [-0.4, -0.2) is 30.1 Å². The van der Waals surface area contributed by atoms with Gasteiger partial charge in [-0.3, -0.25) is 9.59 Å². The topological polar surface area (TPSA) is 120 Å². The molecule has 134 valence electrons. The van der Waals surface area contributed by atoms with Crippen LogP contribution in [0, 0.1) is 11.3 Å². The van der Waals surface area contributed by atoms with E-state index >= 15 is 0 Å². The summed E-state index contributed by atoms with van der Waals surface area (Å²) >= 11 is 0. The van der Waals surface area contributed by atoms with Gasteiger partial charge in [-0.15, -0.1) is 0 Å². The van der Waals surface area contributed by atoms with Crippen molar-refractivity contribution < 1.29 is 19.1 Å². The Morgan fingerprint density at radius 2 is 1.64 bits per heavy atom. The van der Waals surface area contributed by atoms with Crippen molar-refractivity contribution in [3.8, 4) is 6.07 Å². The lowest BCUT2D eigenvalue weighted by Crippen LogP contribution is -2.34. The normalized spacial score (nSPS) is 10.3. The van der Waals surface area contributed by atoms with Crippen LogP contribution in [0.1, 0.15) is 33.6 Å². The number of hydrogen-bond acceptors (Lipinski definition) is 5. The van der Waals surface area contributed by atoms with Crippen molar-refractivity contribution in [3.05, 3.63) is 24.3 Å². The molecule has 1 aromatic carbocycles. The fourth-order valence-corrected chi connectivity index (χ4v) is 1.77. The minimum atomic E-state index is -0.604. The van der Waals surface area contributed by atoms with E-state index in [-0.39, 0.29) is 25.3 Å². The van der Waals surface area contributed by atoms with Gasteiger partial charge in [-0.05, 0) is 32.9 Å². The summed E-state index contributed by atoms with van der Waals surface area (Å²) in [5.74, 6) is -0.797. The second kappa shape index (κ2) is 9.27. The first-order chi connectivity index (χ1) is 11.7. The molecule has 0 saturated carbocycles. The smallest absolute Gasteiger partial charge is 0.407 e. The highest BCUT2D eigenvalue weighted by atomic mass is 16.6. The van der Waals surface area contributed by atoms with Crippen molar-refractivity contribution in [2.24, 2.45) is 0 Å². The number of anilines is 2. The number of nitrogens with one attached hydrogen (secondary N) is 3. The van der Waals surface area contributed by atoms with Gasteiger partial charge in [0.1, 0.15) is 12.0 Å². The highest BCUT2D eigenvalue weighted by Gasteiger charge is 2.16. The zero-order chi connectivity index (χ0) is 18.9. The molecule has 8 heteroatoms. The Hall–Kier alpha value is -3.08. The summed E-state index contributed by atoms with van der Waals surface area (Å²) in [6, 6.07) is 8.39. The maximum absolute atomic E-state index is 12.0. The molecule has 0 unspecified atom stereocenters. The van der Waals surface area contributed by atoms with Crippen molar-refractivity contribution in [1.82, 2.24) is 5.32 Å². The molecule has 0 aliphatic rings. The Morgan fingerprint density at radius 1 is 1.08 bits per heavy atom. The lowest BCUT2D eigenvalue weighted by atomic mass is 10.2. The van der Waals surface area contributed by atoms with E-state index in [1.165, 1.54) is 0 Å². The maximum Gasteiger partial charge on any atom is 0.407 e. The van der Waals surface area contributed by atoms with E-state index in [2.05, 4.69) is 16.0 Å². The Labute approximate surface area is 146 Å². The predicted molar refractivity (Wildman–Crippen MR) is 92.8 cm³/mol. The number of para-hydroxylation sites is 2. The zero-order valence-electron chi connectivity index (χ0n) is 14.5. The van der Waals surface area contributed by atoms with Crippen LogP contribution in [0.3, 0.4) is 0 Å². The van der Waals surface area contributed by atoms with E-state index in [1.54, 1.807) is 51.1 Å². The summed E-state index contributed by atoms with van der Waals surface area (Å²) < 4.78 is 5.07. The third-order valence-electron chi connectivity index (χ3n) is 2.74.